The van der Waals surface area contributed by atoms with E-state index in [-0.39, 0.29) is 5.91 Å². The number of hydrogen-bond donors (Lipinski definition) is 1. The first-order chi connectivity index (χ1) is 8.99. The van der Waals surface area contributed by atoms with Crippen molar-refractivity contribution in [2.24, 2.45) is 0 Å². The predicted molar refractivity (Wildman–Crippen MR) is 83.4 cm³/mol. The molecule has 1 aromatic heterocycles. The largest absolute Gasteiger partial charge is 0.398 e. The number of hydrogen-bond acceptors (Lipinski definition) is 3. The topological polar surface area (TPSA) is 46.3 Å². The van der Waals surface area contributed by atoms with Gasteiger partial charge in [-0.15, -0.1) is 11.3 Å². The van der Waals surface area contributed by atoms with Crippen LogP contribution in [0.5, 0.6) is 0 Å². The number of nitrogens with two attached hydrogens (primary N) is 1. The van der Waals surface area contributed by atoms with E-state index in [0.29, 0.717) is 12.2 Å². The second-order valence-electron chi connectivity index (χ2n) is 4.43. The van der Waals surface area contributed by atoms with Crippen LogP contribution in [0.2, 0.25) is 0 Å². The summed E-state index contributed by atoms with van der Waals surface area (Å²) in [5.41, 5.74) is 8.65. The maximum absolute atomic E-state index is 12.3. The lowest BCUT2D eigenvalue weighted by Crippen LogP contribution is -2.25. The van der Waals surface area contributed by atoms with Gasteiger partial charge in [0.25, 0.3) is 5.91 Å². The highest BCUT2D eigenvalue weighted by Gasteiger charge is 2.16. The molecule has 0 spiro atoms. The van der Waals surface area contributed by atoms with E-state index in [9.17, 15) is 4.79 Å². The molecule has 0 fully saturated rings. The maximum Gasteiger partial charge on any atom is 0.264 e. The smallest absolute Gasteiger partial charge is 0.264 e. The number of aryl methyl sites for hydroxylation is 1. The Bertz CT molecular complexity index is 590. The number of benzene rings is 1. The Labute approximate surface area is 125 Å². The Hall–Kier alpha value is -1.33. The van der Waals surface area contributed by atoms with Gasteiger partial charge < -0.3 is 10.6 Å². The van der Waals surface area contributed by atoms with E-state index in [1.54, 1.807) is 11.9 Å². The second kappa shape index (κ2) is 5.75. The van der Waals surface area contributed by atoms with Gasteiger partial charge in [0, 0.05) is 19.3 Å². The summed E-state index contributed by atoms with van der Waals surface area (Å²) in [6.07, 6.45) is 0. The van der Waals surface area contributed by atoms with Gasteiger partial charge in [0.05, 0.1) is 8.66 Å². The summed E-state index contributed by atoms with van der Waals surface area (Å²) in [5.74, 6) is 0.0158. The molecule has 3 nitrogen and oxygen atoms in total. The van der Waals surface area contributed by atoms with Gasteiger partial charge in [0.15, 0.2) is 0 Å². The fourth-order valence-corrected chi connectivity index (χ4v) is 3.29. The summed E-state index contributed by atoms with van der Waals surface area (Å²) in [7, 11) is 1.79. The van der Waals surface area contributed by atoms with Crippen molar-refractivity contribution < 1.29 is 4.79 Å². The van der Waals surface area contributed by atoms with Crippen LogP contribution in [0.4, 0.5) is 5.69 Å². The van der Waals surface area contributed by atoms with Crippen LogP contribution in [-0.2, 0) is 6.54 Å². The zero-order valence-corrected chi connectivity index (χ0v) is 13.2. The fourth-order valence-electron chi connectivity index (χ4n) is 1.76. The summed E-state index contributed by atoms with van der Waals surface area (Å²) in [6, 6.07) is 9.51. The van der Waals surface area contributed by atoms with Crippen molar-refractivity contribution in [2.45, 2.75) is 13.5 Å². The molecule has 0 aliphatic carbocycles. The number of carbonyl (C=O) groups is 1. The first-order valence-corrected chi connectivity index (χ1v) is 7.44. The normalized spacial score (nSPS) is 10.5. The Morgan fingerprint density at radius 2 is 2.11 bits per heavy atom. The van der Waals surface area contributed by atoms with E-state index in [0.717, 1.165) is 19.8 Å². The van der Waals surface area contributed by atoms with Gasteiger partial charge in [0.2, 0.25) is 0 Å². The number of thiophene rings is 1. The third-order valence-corrected chi connectivity index (χ3v) is 5.00. The fraction of sp³-hybridized carbons (Fsp3) is 0.214. The van der Waals surface area contributed by atoms with Gasteiger partial charge >= 0.3 is 0 Å². The SMILES string of the molecule is Cc1cc(C(=O)N(C)Cc2ccccc2N)sc1Br. The zero-order chi connectivity index (χ0) is 14.0. The van der Waals surface area contributed by atoms with Crippen molar-refractivity contribution >= 4 is 38.9 Å². The highest BCUT2D eigenvalue weighted by molar-refractivity contribution is 9.11. The molecule has 0 atom stereocenters. The molecule has 2 rings (SSSR count). The first-order valence-electron chi connectivity index (χ1n) is 5.84. The molecular formula is C14H15BrN2OS. The molecule has 2 N–H and O–H groups in total. The van der Waals surface area contributed by atoms with E-state index in [1.807, 2.05) is 37.3 Å². The minimum absolute atomic E-state index is 0.0158. The number of nitrogen functional groups attached to an aromatic ring is 1. The molecule has 0 aliphatic rings. The predicted octanol–water partition coefficient (Wildman–Crippen LogP) is 3.67. The van der Waals surface area contributed by atoms with E-state index in [1.165, 1.54) is 11.3 Å². The third-order valence-electron chi connectivity index (χ3n) is 2.88. The summed E-state index contributed by atoms with van der Waals surface area (Å²) >= 11 is 4.90. The molecule has 100 valence electrons. The van der Waals surface area contributed by atoms with E-state index in [4.69, 9.17) is 5.73 Å². The molecule has 0 saturated carbocycles. The van der Waals surface area contributed by atoms with Gasteiger partial charge in [0.1, 0.15) is 0 Å². The van der Waals surface area contributed by atoms with Crippen LogP contribution in [0.15, 0.2) is 34.1 Å². The van der Waals surface area contributed by atoms with Gasteiger partial charge in [-0.2, -0.15) is 0 Å². The first kappa shape index (κ1) is 14.1. The molecule has 0 saturated heterocycles. The Morgan fingerprint density at radius 3 is 2.68 bits per heavy atom. The lowest BCUT2D eigenvalue weighted by molar-refractivity contribution is 0.0790. The quantitative estimate of drug-likeness (QED) is 0.868. The molecule has 1 heterocycles. The zero-order valence-electron chi connectivity index (χ0n) is 10.8. The summed E-state index contributed by atoms with van der Waals surface area (Å²) in [6.45, 7) is 2.49. The number of anilines is 1. The minimum Gasteiger partial charge on any atom is -0.398 e. The number of amides is 1. The van der Waals surface area contributed by atoms with Crippen LogP contribution < -0.4 is 5.73 Å². The van der Waals surface area contributed by atoms with Crippen LogP contribution in [0, 0.1) is 6.92 Å². The number of halogens is 1. The molecule has 0 radical (unpaired) electrons. The lowest BCUT2D eigenvalue weighted by atomic mass is 10.1. The average Bonchev–Trinajstić information content (AvgIpc) is 2.71. The van der Waals surface area contributed by atoms with Crippen LogP contribution in [0.25, 0.3) is 0 Å². The van der Waals surface area contributed by atoms with Crippen molar-refractivity contribution in [3.05, 3.63) is 50.1 Å². The van der Waals surface area contributed by atoms with Gasteiger partial charge in [-0.3, -0.25) is 4.79 Å². The van der Waals surface area contributed by atoms with Crippen LogP contribution in [0.1, 0.15) is 20.8 Å². The molecule has 0 aliphatic heterocycles. The molecule has 19 heavy (non-hydrogen) atoms. The molecule has 0 unspecified atom stereocenters. The van der Waals surface area contributed by atoms with Crippen LogP contribution >= 0.6 is 27.3 Å². The van der Waals surface area contributed by atoms with Gasteiger partial charge in [-0.25, -0.2) is 0 Å². The number of carbonyl (C=O) groups excluding carboxylic acids is 1. The summed E-state index contributed by atoms with van der Waals surface area (Å²) in [5, 5.41) is 0. The Morgan fingerprint density at radius 1 is 1.42 bits per heavy atom. The monoisotopic (exact) mass is 338 g/mol. The highest BCUT2D eigenvalue weighted by atomic mass is 79.9. The maximum atomic E-state index is 12.3. The lowest BCUT2D eigenvalue weighted by Gasteiger charge is -2.17. The molecule has 0 bridgehead atoms. The van der Waals surface area contributed by atoms with Crippen molar-refractivity contribution in [2.75, 3.05) is 12.8 Å². The van der Waals surface area contributed by atoms with Crippen molar-refractivity contribution in [3.8, 4) is 0 Å². The third kappa shape index (κ3) is 3.16. The second-order valence-corrected chi connectivity index (χ2v) is 6.80. The van der Waals surface area contributed by atoms with E-state index < -0.39 is 0 Å². The molecule has 2 aromatic rings. The van der Waals surface area contributed by atoms with Crippen molar-refractivity contribution in [1.82, 2.24) is 4.90 Å². The molecule has 5 heteroatoms. The Balaban J connectivity index is 2.14. The van der Waals surface area contributed by atoms with Gasteiger partial charge in [-0.1, -0.05) is 18.2 Å². The molecule has 1 aromatic carbocycles. The summed E-state index contributed by atoms with van der Waals surface area (Å²) in [4.78, 5) is 14.7. The standard InChI is InChI=1S/C14H15BrN2OS/c1-9-7-12(19-13(9)15)14(18)17(2)8-10-5-3-4-6-11(10)16/h3-7H,8,16H2,1-2H3. The summed E-state index contributed by atoms with van der Waals surface area (Å²) < 4.78 is 1.00. The molecule has 1 amide bonds. The van der Waals surface area contributed by atoms with E-state index >= 15 is 0 Å². The van der Waals surface area contributed by atoms with Crippen LogP contribution in [-0.4, -0.2) is 17.9 Å². The van der Waals surface area contributed by atoms with Crippen LogP contribution in [0.3, 0.4) is 0 Å². The number of rotatable bonds is 3. The highest BCUT2D eigenvalue weighted by Crippen LogP contribution is 2.28. The number of nitrogens with zero attached hydrogens (tertiary/aromatic N) is 1. The van der Waals surface area contributed by atoms with Crippen molar-refractivity contribution in [1.29, 1.82) is 0 Å². The van der Waals surface area contributed by atoms with Gasteiger partial charge in [-0.05, 0) is 46.1 Å². The minimum atomic E-state index is 0.0158. The van der Waals surface area contributed by atoms with Crippen molar-refractivity contribution in [3.63, 3.8) is 0 Å². The Kier molecular flexibility index (Phi) is 4.27. The molecular weight excluding hydrogens is 324 g/mol. The average molecular weight is 339 g/mol. The van der Waals surface area contributed by atoms with E-state index in [2.05, 4.69) is 15.9 Å². The number of para-hydroxylation sites is 1.